The summed E-state index contributed by atoms with van der Waals surface area (Å²) in [5, 5.41) is 3.89. The lowest BCUT2D eigenvalue weighted by molar-refractivity contribution is -0.121. The largest absolute Gasteiger partial charge is 0.355 e. The van der Waals surface area contributed by atoms with Gasteiger partial charge in [-0.1, -0.05) is 30.7 Å². The predicted molar refractivity (Wildman–Crippen MR) is 107 cm³/mol. The number of amides is 1. The Morgan fingerprint density at radius 1 is 1.27 bits per heavy atom. The fourth-order valence-corrected chi connectivity index (χ4v) is 3.97. The molecule has 1 N–H and O–H groups in total. The lowest BCUT2D eigenvalue weighted by Crippen LogP contribution is -2.40. The summed E-state index contributed by atoms with van der Waals surface area (Å²) in [6.07, 6.45) is 6.98. The summed E-state index contributed by atoms with van der Waals surface area (Å²) in [6, 6.07) is 12.4. The van der Waals surface area contributed by atoms with E-state index in [2.05, 4.69) is 21.7 Å². The number of aromatic nitrogens is 1. The van der Waals surface area contributed by atoms with Crippen molar-refractivity contribution in [3.63, 3.8) is 0 Å². The van der Waals surface area contributed by atoms with Crippen molar-refractivity contribution in [2.75, 3.05) is 19.6 Å². The van der Waals surface area contributed by atoms with Gasteiger partial charge < -0.3 is 9.88 Å². The summed E-state index contributed by atoms with van der Waals surface area (Å²) in [5.41, 5.74) is 1.15. The quantitative estimate of drug-likeness (QED) is 0.761. The van der Waals surface area contributed by atoms with Crippen molar-refractivity contribution in [3.05, 3.63) is 59.4 Å². The van der Waals surface area contributed by atoms with Gasteiger partial charge in [0.1, 0.15) is 0 Å². The van der Waals surface area contributed by atoms with E-state index in [1.165, 1.54) is 12.8 Å². The monoisotopic (exact) mass is 373 g/mol. The van der Waals surface area contributed by atoms with Gasteiger partial charge in [-0.3, -0.25) is 9.69 Å². The molecule has 1 aromatic heterocycles. The number of hydrogen-bond acceptors (Lipinski definition) is 2. The van der Waals surface area contributed by atoms with Crippen molar-refractivity contribution in [3.8, 4) is 0 Å². The third kappa shape index (κ3) is 5.12. The van der Waals surface area contributed by atoms with Gasteiger partial charge in [0.2, 0.25) is 5.91 Å². The van der Waals surface area contributed by atoms with Gasteiger partial charge >= 0.3 is 0 Å². The maximum Gasteiger partial charge on any atom is 0.220 e. The molecule has 0 spiro atoms. The first-order chi connectivity index (χ1) is 12.7. The maximum atomic E-state index is 12.6. The van der Waals surface area contributed by atoms with Crippen molar-refractivity contribution in [2.45, 2.75) is 44.7 Å². The standard InChI is InChI=1S/C21H28ClN3O/c1-2-25-13-5-6-20(25)15-23-21(26)14-18(16-24-11-3-4-12-24)17-7-9-19(22)10-8-17/h3-4,7-12,18,20H,2,5-6,13-16H2,1H3,(H,23,26). The minimum absolute atomic E-state index is 0.125. The number of hydrogen-bond donors (Lipinski definition) is 1. The molecule has 1 amide bonds. The second kappa shape index (κ2) is 9.24. The Morgan fingerprint density at radius 2 is 2.00 bits per heavy atom. The van der Waals surface area contributed by atoms with Gasteiger partial charge in [-0.25, -0.2) is 0 Å². The number of rotatable bonds is 8. The van der Waals surface area contributed by atoms with Gasteiger partial charge in [0.15, 0.2) is 0 Å². The summed E-state index contributed by atoms with van der Waals surface area (Å²) >= 11 is 6.03. The Kier molecular flexibility index (Phi) is 6.75. The molecule has 1 saturated heterocycles. The molecule has 2 aromatic rings. The first kappa shape index (κ1) is 19.0. The fourth-order valence-electron chi connectivity index (χ4n) is 3.84. The summed E-state index contributed by atoms with van der Waals surface area (Å²) in [5.74, 6) is 0.255. The molecular weight excluding hydrogens is 346 g/mol. The van der Waals surface area contributed by atoms with E-state index < -0.39 is 0 Å². The van der Waals surface area contributed by atoms with E-state index in [0.29, 0.717) is 12.5 Å². The normalized spacial score (nSPS) is 18.8. The van der Waals surface area contributed by atoms with Gasteiger partial charge in [0.25, 0.3) is 0 Å². The number of nitrogens with zero attached hydrogens (tertiary/aromatic N) is 2. The molecule has 2 atom stereocenters. The van der Waals surface area contributed by atoms with E-state index in [4.69, 9.17) is 11.6 Å². The molecule has 2 heterocycles. The Morgan fingerprint density at radius 3 is 2.69 bits per heavy atom. The fraction of sp³-hybridized carbons (Fsp3) is 0.476. The van der Waals surface area contributed by atoms with Crippen LogP contribution in [0.1, 0.15) is 37.7 Å². The van der Waals surface area contributed by atoms with Crippen LogP contribution < -0.4 is 5.32 Å². The van der Waals surface area contributed by atoms with Gasteiger partial charge in [-0.05, 0) is 55.8 Å². The third-order valence-corrected chi connectivity index (χ3v) is 5.56. The molecular formula is C21H28ClN3O. The van der Waals surface area contributed by atoms with Crippen LogP contribution in [0.4, 0.5) is 0 Å². The van der Waals surface area contributed by atoms with Crippen LogP contribution in [0, 0.1) is 0 Å². The molecule has 0 radical (unpaired) electrons. The van der Waals surface area contributed by atoms with Gasteiger partial charge in [-0.2, -0.15) is 0 Å². The molecule has 4 nitrogen and oxygen atoms in total. The molecule has 1 fully saturated rings. The zero-order valence-electron chi connectivity index (χ0n) is 15.4. The molecule has 0 saturated carbocycles. The Labute approximate surface area is 161 Å². The molecule has 3 rings (SSSR count). The minimum atomic E-state index is 0.125. The summed E-state index contributed by atoms with van der Waals surface area (Å²) < 4.78 is 2.13. The number of carbonyl (C=O) groups excluding carboxylic acids is 1. The lowest BCUT2D eigenvalue weighted by atomic mass is 9.95. The van der Waals surface area contributed by atoms with E-state index in [9.17, 15) is 4.79 Å². The molecule has 2 unspecified atom stereocenters. The van der Waals surface area contributed by atoms with Crippen molar-refractivity contribution >= 4 is 17.5 Å². The van der Waals surface area contributed by atoms with Crippen LogP contribution in [0.3, 0.4) is 0 Å². The van der Waals surface area contributed by atoms with Crippen LogP contribution in [-0.2, 0) is 11.3 Å². The summed E-state index contributed by atoms with van der Waals surface area (Å²) in [4.78, 5) is 15.1. The van der Waals surface area contributed by atoms with Crippen molar-refractivity contribution in [2.24, 2.45) is 0 Å². The van der Waals surface area contributed by atoms with Crippen LogP contribution in [0.25, 0.3) is 0 Å². The molecule has 140 valence electrons. The Balaban J connectivity index is 1.61. The zero-order valence-corrected chi connectivity index (χ0v) is 16.2. The first-order valence-electron chi connectivity index (χ1n) is 9.52. The highest BCUT2D eigenvalue weighted by Gasteiger charge is 2.24. The van der Waals surface area contributed by atoms with Crippen molar-refractivity contribution in [1.82, 2.24) is 14.8 Å². The molecule has 1 aliphatic heterocycles. The molecule has 1 aromatic carbocycles. The molecule has 0 aliphatic carbocycles. The highest BCUT2D eigenvalue weighted by atomic mass is 35.5. The number of likely N-dealkylation sites (tertiary alicyclic amines) is 1. The van der Waals surface area contributed by atoms with E-state index in [1.54, 1.807) is 0 Å². The van der Waals surface area contributed by atoms with Crippen molar-refractivity contribution in [1.29, 1.82) is 0 Å². The summed E-state index contributed by atoms with van der Waals surface area (Å²) in [7, 11) is 0. The van der Waals surface area contributed by atoms with E-state index in [0.717, 1.165) is 36.8 Å². The van der Waals surface area contributed by atoms with Crippen molar-refractivity contribution < 1.29 is 4.79 Å². The number of carbonyl (C=O) groups is 1. The Hall–Kier alpha value is -1.78. The number of likely N-dealkylation sites (N-methyl/N-ethyl adjacent to an activating group) is 1. The van der Waals surface area contributed by atoms with Gasteiger partial charge in [0, 0.05) is 48.9 Å². The van der Waals surface area contributed by atoms with E-state index >= 15 is 0 Å². The van der Waals surface area contributed by atoms with E-state index in [1.807, 2.05) is 48.8 Å². The van der Waals surface area contributed by atoms with Gasteiger partial charge in [-0.15, -0.1) is 0 Å². The molecule has 5 heteroatoms. The van der Waals surface area contributed by atoms with E-state index in [-0.39, 0.29) is 11.8 Å². The molecule has 1 aliphatic rings. The lowest BCUT2D eigenvalue weighted by Gasteiger charge is -2.24. The van der Waals surface area contributed by atoms with Crippen LogP contribution in [0.15, 0.2) is 48.8 Å². The first-order valence-corrected chi connectivity index (χ1v) is 9.90. The predicted octanol–water partition coefficient (Wildman–Crippen LogP) is 3.92. The smallest absolute Gasteiger partial charge is 0.220 e. The highest BCUT2D eigenvalue weighted by molar-refractivity contribution is 6.30. The highest BCUT2D eigenvalue weighted by Crippen LogP contribution is 2.24. The second-order valence-electron chi connectivity index (χ2n) is 7.06. The third-order valence-electron chi connectivity index (χ3n) is 5.31. The molecule has 0 bridgehead atoms. The van der Waals surface area contributed by atoms with Crippen LogP contribution in [0.2, 0.25) is 5.02 Å². The number of halogens is 1. The number of benzene rings is 1. The summed E-state index contributed by atoms with van der Waals surface area (Å²) in [6.45, 7) is 5.93. The number of nitrogens with one attached hydrogen (secondary N) is 1. The SMILES string of the molecule is CCN1CCCC1CNC(=O)CC(Cn1cccc1)c1ccc(Cl)cc1. The van der Waals surface area contributed by atoms with Crippen LogP contribution >= 0.6 is 11.6 Å². The topological polar surface area (TPSA) is 37.3 Å². The van der Waals surface area contributed by atoms with Gasteiger partial charge in [0.05, 0.1) is 0 Å². The minimum Gasteiger partial charge on any atom is -0.355 e. The van der Waals surface area contributed by atoms with Crippen LogP contribution in [-0.4, -0.2) is 41.1 Å². The maximum absolute atomic E-state index is 12.6. The average Bonchev–Trinajstić information content (AvgIpc) is 3.31. The van der Waals surface area contributed by atoms with Crippen LogP contribution in [0.5, 0.6) is 0 Å². The zero-order chi connectivity index (χ0) is 18.4. The second-order valence-corrected chi connectivity index (χ2v) is 7.50. The Bertz CT molecular complexity index is 684. The average molecular weight is 374 g/mol. The molecule has 26 heavy (non-hydrogen) atoms.